The Bertz CT molecular complexity index is 1580. The Balaban J connectivity index is 1.26. The van der Waals surface area contributed by atoms with Crippen LogP contribution < -0.4 is 10.2 Å². The fraction of sp³-hybridized carbons (Fsp3) is 0.156. The molecule has 2 amide bonds. The van der Waals surface area contributed by atoms with Crippen LogP contribution >= 0.6 is 11.6 Å². The molecule has 0 bridgehead atoms. The zero-order chi connectivity index (χ0) is 26.8. The summed E-state index contributed by atoms with van der Waals surface area (Å²) in [6.07, 6.45) is 2.11. The fourth-order valence-corrected chi connectivity index (χ4v) is 5.44. The van der Waals surface area contributed by atoms with E-state index in [4.69, 9.17) is 16.3 Å². The van der Waals surface area contributed by atoms with E-state index >= 15 is 0 Å². The molecule has 4 aromatic carbocycles. The van der Waals surface area contributed by atoms with Crippen molar-refractivity contribution in [3.8, 4) is 11.1 Å². The van der Waals surface area contributed by atoms with Crippen molar-refractivity contribution in [3.05, 3.63) is 119 Å². The summed E-state index contributed by atoms with van der Waals surface area (Å²) in [6.45, 7) is 2.48. The van der Waals surface area contributed by atoms with Gasteiger partial charge < -0.3 is 15.0 Å². The van der Waals surface area contributed by atoms with Crippen LogP contribution in [0.2, 0.25) is 5.02 Å². The molecule has 39 heavy (non-hydrogen) atoms. The summed E-state index contributed by atoms with van der Waals surface area (Å²) in [5.74, 6) is -0.445. The van der Waals surface area contributed by atoms with Crippen molar-refractivity contribution >= 4 is 41.0 Å². The van der Waals surface area contributed by atoms with Gasteiger partial charge in [0, 0.05) is 11.3 Å². The highest BCUT2D eigenvalue weighted by Gasteiger charge is 2.35. The molecule has 1 fully saturated rings. The summed E-state index contributed by atoms with van der Waals surface area (Å²) >= 11 is 6.66. The molecule has 0 saturated carbocycles. The van der Waals surface area contributed by atoms with Crippen molar-refractivity contribution in [2.75, 3.05) is 36.5 Å². The van der Waals surface area contributed by atoms with E-state index in [1.807, 2.05) is 72.8 Å². The molecule has 6 rings (SSSR count). The Morgan fingerprint density at radius 1 is 0.897 bits per heavy atom. The van der Waals surface area contributed by atoms with Gasteiger partial charge in [0.2, 0.25) is 0 Å². The van der Waals surface area contributed by atoms with E-state index in [1.165, 1.54) is 0 Å². The number of rotatable bonds is 4. The number of hydrogen-bond donors (Lipinski definition) is 1. The highest BCUT2D eigenvalue weighted by atomic mass is 35.5. The van der Waals surface area contributed by atoms with Gasteiger partial charge in [0.05, 0.1) is 28.4 Å². The molecule has 1 atom stereocenters. The Hall–Kier alpha value is -4.26. The molecule has 0 aromatic heterocycles. The van der Waals surface area contributed by atoms with Crippen molar-refractivity contribution in [1.82, 2.24) is 0 Å². The third kappa shape index (κ3) is 5.09. The van der Waals surface area contributed by atoms with Crippen LogP contribution in [-0.2, 0) is 4.74 Å². The molecule has 0 aliphatic carbocycles. The standard InChI is InChI=1S/C32H26ClN3O3/c33-29-18-24(34-31(37)27-12-6-5-11-26(27)22-8-2-1-3-9-22)14-15-28(29)32(38)36-20-25-21-39-17-16-35(25)19-23-10-4-7-13-30(23)36/h1-15,18-19,25H,16-17,20-21H2/p+1. The van der Waals surface area contributed by atoms with Gasteiger partial charge in [0.1, 0.15) is 13.2 Å². The van der Waals surface area contributed by atoms with Gasteiger partial charge in [-0.1, -0.05) is 72.3 Å². The van der Waals surface area contributed by atoms with E-state index in [0.29, 0.717) is 36.6 Å². The van der Waals surface area contributed by atoms with E-state index in [0.717, 1.165) is 28.9 Å². The smallest absolute Gasteiger partial charge is 0.260 e. The summed E-state index contributed by atoms with van der Waals surface area (Å²) in [6, 6.07) is 30.2. The van der Waals surface area contributed by atoms with Crippen LogP contribution in [0, 0.1) is 0 Å². The number of amides is 2. The zero-order valence-electron chi connectivity index (χ0n) is 21.2. The molecular formula is C32H27ClN3O3+. The normalized spacial score (nSPS) is 16.4. The molecule has 6 nitrogen and oxygen atoms in total. The monoisotopic (exact) mass is 536 g/mol. The molecule has 2 heterocycles. The molecule has 194 valence electrons. The van der Waals surface area contributed by atoms with Crippen LogP contribution in [0.3, 0.4) is 0 Å². The maximum atomic E-state index is 13.8. The Labute approximate surface area is 232 Å². The first-order valence-electron chi connectivity index (χ1n) is 12.9. The highest BCUT2D eigenvalue weighted by Crippen LogP contribution is 2.30. The lowest BCUT2D eigenvalue weighted by atomic mass is 9.99. The zero-order valence-corrected chi connectivity index (χ0v) is 22.0. The first kappa shape index (κ1) is 25.0. The fourth-order valence-electron chi connectivity index (χ4n) is 5.18. The largest absolute Gasteiger partial charge is 0.368 e. The summed E-state index contributed by atoms with van der Waals surface area (Å²) in [4.78, 5) is 28.9. The number of halogens is 1. The number of carbonyl (C=O) groups excluding carboxylic acids is 2. The number of hydrogen-bond acceptors (Lipinski definition) is 3. The topological polar surface area (TPSA) is 61.6 Å². The van der Waals surface area contributed by atoms with E-state index in [1.54, 1.807) is 29.2 Å². The second-order valence-electron chi connectivity index (χ2n) is 9.63. The number of morpholine rings is 1. The van der Waals surface area contributed by atoms with Crippen LogP contribution in [-0.4, -0.2) is 54.9 Å². The summed E-state index contributed by atoms with van der Waals surface area (Å²) in [7, 11) is 0. The van der Waals surface area contributed by atoms with E-state index < -0.39 is 0 Å². The van der Waals surface area contributed by atoms with E-state index in [9.17, 15) is 9.59 Å². The number of ether oxygens (including phenoxy) is 1. The molecule has 2 aliphatic heterocycles. The molecule has 2 aliphatic rings. The molecule has 1 N–H and O–H groups in total. The second-order valence-corrected chi connectivity index (χ2v) is 10.0. The van der Waals surface area contributed by atoms with Gasteiger partial charge in [-0.15, -0.1) is 0 Å². The number of fused-ring (bicyclic) bond motifs is 2. The lowest BCUT2D eigenvalue weighted by molar-refractivity contribution is -0.580. The molecule has 1 unspecified atom stereocenters. The molecule has 1 saturated heterocycles. The number of anilines is 2. The maximum Gasteiger partial charge on any atom is 0.260 e. The minimum atomic E-state index is -0.251. The quantitative estimate of drug-likeness (QED) is 0.338. The van der Waals surface area contributed by atoms with Crippen LogP contribution in [0.1, 0.15) is 26.3 Å². The number of para-hydroxylation sites is 1. The van der Waals surface area contributed by atoms with Crippen LogP contribution in [0.4, 0.5) is 11.4 Å². The summed E-state index contributed by atoms with van der Waals surface area (Å²) < 4.78 is 7.96. The van der Waals surface area contributed by atoms with Crippen molar-refractivity contribution in [3.63, 3.8) is 0 Å². The highest BCUT2D eigenvalue weighted by molar-refractivity contribution is 6.35. The van der Waals surface area contributed by atoms with Gasteiger partial charge in [-0.3, -0.25) is 9.59 Å². The maximum absolute atomic E-state index is 13.8. The lowest BCUT2D eigenvalue weighted by Crippen LogP contribution is -2.47. The third-order valence-corrected chi connectivity index (χ3v) is 7.47. The summed E-state index contributed by atoms with van der Waals surface area (Å²) in [5.41, 5.74) is 5.05. The molecular weight excluding hydrogens is 510 g/mol. The Morgan fingerprint density at radius 3 is 2.51 bits per heavy atom. The second kappa shape index (κ2) is 10.8. The molecule has 0 radical (unpaired) electrons. The van der Waals surface area contributed by atoms with Crippen molar-refractivity contribution in [2.24, 2.45) is 0 Å². The number of nitrogens with one attached hydrogen (secondary N) is 1. The van der Waals surface area contributed by atoms with Gasteiger partial charge in [-0.2, -0.15) is 0 Å². The van der Waals surface area contributed by atoms with Gasteiger partial charge in [0.25, 0.3) is 11.8 Å². The Morgan fingerprint density at radius 2 is 1.67 bits per heavy atom. The average Bonchev–Trinajstić information content (AvgIpc) is 3.14. The predicted octanol–water partition coefficient (Wildman–Crippen LogP) is 5.75. The molecule has 0 spiro atoms. The lowest BCUT2D eigenvalue weighted by Gasteiger charge is -2.26. The van der Waals surface area contributed by atoms with Gasteiger partial charge in [-0.05, 0) is 47.5 Å². The SMILES string of the molecule is O=C(Nc1ccc(C(=O)N2CC3COCC[N+]3=Cc3ccccc32)c(Cl)c1)c1ccccc1-c1ccccc1. The van der Waals surface area contributed by atoms with Crippen LogP contribution in [0.25, 0.3) is 11.1 Å². The summed E-state index contributed by atoms with van der Waals surface area (Å²) in [5, 5.41) is 3.22. The van der Waals surface area contributed by atoms with Crippen molar-refractivity contribution in [1.29, 1.82) is 0 Å². The number of benzene rings is 4. The van der Waals surface area contributed by atoms with Crippen LogP contribution in [0.5, 0.6) is 0 Å². The first-order valence-corrected chi connectivity index (χ1v) is 13.3. The van der Waals surface area contributed by atoms with Crippen molar-refractivity contribution < 1.29 is 18.9 Å². The number of nitrogens with zero attached hydrogens (tertiary/aromatic N) is 2. The van der Waals surface area contributed by atoms with Crippen molar-refractivity contribution in [2.45, 2.75) is 6.04 Å². The van der Waals surface area contributed by atoms with E-state index in [2.05, 4.69) is 16.1 Å². The van der Waals surface area contributed by atoms with Gasteiger partial charge >= 0.3 is 0 Å². The molecule has 4 aromatic rings. The molecule has 7 heteroatoms. The third-order valence-electron chi connectivity index (χ3n) is 7.16. The minimum absolute atomic E-state index is 0.0529. The van der Waals surface area contributed by atoms with Crippen LogP contribution in [0.15, 0.2) is 97.1 Å². The van der Waals surface area contributed by atoms with Gasteiger partial charge in [0.15, 0.2) is 18.8 Å². The predicted molar refractivity (Wildman–Crippen MR) is 154 cm³/mol. The van der Waals surface area contributed by atoms with Gasteiger partial charge in [-0.25, -0.2) is 4.58 Å². The average molecular weight is 537 g/mol. The van der Waals surface area contributed by atoms with E-state index in [-0.39, 0.29) is 22.9 Å². The minimum Gasteiger partial charge on any atom is -0.368 e. The first-order chi connectivity index (χ1) is 19.1. The Kier molecular flexibility index (Phi) is 6.97. The number of carbonyl (C=O) groups is 2.